The van der Waals surface area contributed by atoms with Gasteiger partial charge in [0.1, 0.15) is 19.5 Å². The van der Waals surface area contributed by atoms with E-state index in [0.717, 1.165) is 36.1 Å². The molecule has 0 unspecified atom stereocenters. The molecule has 0 spiro atoms. The molecule has 0 radical (unpaired) electrons. The largest absolute Gasteiger partial charge is 0.367 e. The Hall–Kier alpha value is -3.34. The molecular formula is C17H15BN6O. The van der Waals surface area contributed by atoms with Crippen LogP contribution in [-0.2, 0) is 0 Å². The molecule has 0 saturated heterocycles. The van der Waals surface area contributed by atoms with Gasteiger partial charge in [-0.05, 0) is 31.0 Å². The molecule has 2 N–H and O–H groups in total. The molecule has 8 heteroatoms. The van der Waals surface area contributed by atoms with Crippen LogP contribution in [-0.4, -0.2) is 34.8 Å². The fourth-order valence-corrected chi connectivity index (χ4v) is 2.68. The van der Waals surface area contributed by atoms with Gasteiger partial charge in [-0.15, -0.1) is 0 Å². The third kappa shape index (κ3) is 2.92. The van der Waals surface area contributed by atoms with Crippen molar-refractivity contribution in [3.05, 3.63) is 41.6 Å². The SMILES string of the molecule is Bc1cc(C#N)ccc1Nc1cc(NC2CC2)n2ncc(C=O)c2n1. The molecular weight excluding hydrogens is 315 g/mol. The van der Waals surface area contributed by atoms with Gasteiger partial charge in [-0.2, -0.15) is 14.9 Å². The first-order valence-corrected chi connectivity index (χ1v) is 8.06. The number of aldehydes is 1. The van der Waals surface area contributed by atoms with E-state index in [9.17, 15) is 4.79 Å². The molecule has 0 aliphatic heterocycles. The Bertz CT molecular complexity index is 1020. The van der Waals surface area contributed by atoms with E-state index >= 15 is 0 Å². The van der Waals surface area contributed by atoms with Gasteiger partial charge < -0.3 is 10.6 Å². The Morgan fingerprint density at radius 2 is 2.20 bits per heavy atom. The molecule has 0 atom stereocenters. The van der Waals surface area contributed by atoms with Crippen molar-refractivity contribution in [3.8, 4) is 6.07 Å². The average Bonchev–Trinajstić information content (AvgIpc) is 3.33. The highest BCUT2D eigenvalue weighted by atomic mass is 16.1. The van der Waals surface area contributed by atoms with Crippen molar-refractivity contribution >= 4 is 42.6 Å². The average molecular weight is 330 g/mol. The zero-order valence-electron chi connectivity index (χ0n) is 13.7. The summed E-state index contributed by atoms with van der Waals surface area (Å²) in [4.78, 5) is 15.8. The minimum atomic E-state index is 0.443. The van der Waals surface area contributed by atoms with Gasteiger partial charge in [-0.3, -0.25) is 4.79 Å². The Labute approximate surface area is 145 Å². The van der Waals surface area contributed by atoms with Gasteiger partial charge in [-0.1, -0.05) is 5.46 Å². The van der Waals surface area contributed by atoms with Gasteiger partial charge in [0, 0.05) is 17.8 Å². The van der Waals surface area contributed by atoms with Gasteiger partial charge in [-0.25, -0.2) is 4.98 Å². The molecule has 4 rings (SSSR count). The van der Waals surface area contributed by atoms with Crippen molar-refractivity contribution < 1.29 is 4.79 Å². The van der Waals surface area contributed by atoms with E-state index in [1.165, 1.54) is 6.20 Å². The second-order valence-electron chi connectivity index (χ2n) is 6.16. The second kappa shape index (κ2) is 5.94. The van der Waals surface area contributed by atoms with E-state index in [0.29, 0.717) is 28.6 Å². The number of aromatic nitrogens is 3. The maximum Gasteiger partial charge on any atom is 0.170 e. The van der Waals surface area contributed by atoms with Crippen LogP contribution >= 0.6 is 0 Å². The Morgan fingerprint density at radius 1 is 1.36 bits per heavy atom. The third-order valence-corrected chi connectivity index (χ3v) is 4.17. The van der Waals surface area contributed by atoms with Gasteiger partial charge in [0.15, 0.2) is 11.9 Å². The number of nitrogens with zero attached hydrogens (tertiary/aromatic N) is 4. The van der Waals surface area contributed by atoms with Crippen molar-refractivity contribution in [1.82, 2.24) is 14.6 Å². The van der Waals surface area contributed by atoms with E-state index < -0.39 is 0 Å². The van der Waals surface area contributed by atoms with Crippen LogP contribution in [0.5, 0.6) is 0 Å². The number of nitrogens with one attached hydrogen (secondary N) is 2. The van der Waals surface area contributed by atoms with Crippen LogP contribution in [0.2, 0.25) is 0 Å². The van der Waals surface area contributed by atoms with E-state index in [4.69, 9.17) is 5.26 Å². The lowest BCUT2D eigenvalue weighted by molar-refractivity contribution is 0.112. The van der Waals surface area contributed by atoms with E-state index in [1.54, 1.807) is 10.6 Å². The summed E-state index contributed by atoms with van der Waals surface area (Å²) in [6, 6.07) is 9.88. The van der Waals surface area contributed by atoms with Crippen molar-refractivity contribution in [2.24, 2.45) is 0 Å². The molecule has 3 aromatic rings. The lowest BCUT2D eigenvalue weighted by atomic mass is 9.92. The Morgan fingerprint density at radius 3 is 2.88 bits per heavy atom. The summed E-state index contributed by atoms with van der Waals surface area (Å²) in [6.07, 6.45) is 4.53. The zero-order valence-corrected chi connectivity index (χ0v) is 13.7. The normalized spacial score (nSPS) is 13.4. The lowest BCUT2D eigenvalue weighted by Gasteiger charge is -2.13. The van der Waals surface area contributed by atoms with Crippen LogP contribution in [0.4, 0.5) is 17.3 Å². The zero-order chi connectivity index (χ0) is 17.4. The van der Waals surface area contributed by atoms with Gasteiger partial charge in [0.2, 0.25) is 0 Å². The third-order valence-electron chi connectivity index (χ3n) is 4.17. The summed E-state index contributed by atoms with van der Waals surface area (Å²) in [6.45, 7) is 0. The molecule has 2 aromatic heterocycles. The highest BCUT2D eigenvalue weighted by molar-refractivity contribution is 6.36. The number of fused-ring (bicyclic) bond motifs is 1. The summed E-state index contributed by atoms with van der Waals surface area (Å²) in [5.74, 6) is 1.42. The predicted octanol–water partition coefficient (Wildman–Crippen LogP) is 0.990. The minimum absolute atomic E-state index is 0.443. The molecule has 1 aliphatic carbocycles. The van der Waals surface area contributed by atoms with E-state index in [1.807, 2.05) is 26.0 Å². The standard InChI is InChI=1S/C17H15BN6O/c18-13-5-10(7-19)1-4-14(13)22-15-6-16(21-12-2-3-12)24-17(23-15)11(9-25)8-20-24/h1,4-6,8-9,12,21H,2-3,18H2,(H,22,23). The first-order valence-electron chi connectivity index (χ1n) is 8.06. The first kappa shape index (κ1) is 15.2. The van der Waals surface area contributed by atoms with Crippen molar-refractivity contribution in [3.63, 3.8) is 0 Å². The van der Waals surface area contributed by atoms with Gasteiger partial charge >= 0.3 is 0 Å². The topological polar surface area (TPSA) is 95.1 Å². The number of hydrogen-bond donors (Lipinski definition) is 2. The second-order valence-corrected chi connectivity index (χ2v) is 6.16. The molecule has 2 heterocycles. The molecule has 1 fully saturated rings. The summed E-state index contributed by atoms with van der Waals surface area (Å²) in [5.41, 5.74) is 3.37. The Kier molecular flexibility index (Phi) is 3.62. The van der Waals surface area contributed by atoms with Crippen LogP contribution in [0.25, 0.3) is 5.65 Å². The van der Waals surface area contributed by atoms with Crippen molar-refractivity contribution in [1.29, 1.82) is 5.26 Å². The minimum Gasteiger partial charge on any atom is -0.367 e. The number of carbonyl (C=O) groups excluding carboxylic acids is 1. The van der Waals surface area contributed by atoms with E-state index in [2.05, 4.69) is 26.8 Å². The van der Waals surface area contributed by atoms with Crippen molar-refractivity contribution in [2.75, 3.05) is 10.6 Å². The number of nitriles is 1. The fraction of sp³-hybridized carbons (Fsp3) is 0.176. The summed E-state index contributed by atoms with van der Waals surface area (Å²) >= 11 is 0. The number of rotatable bonds is 5. The number of anilines is 3. The van der Waals surface area contributed by atoms with E-state index in [-0.39, 0.29) is 0 Å². The van der Waals surface area contributed by atoms with Crippen LogP contribution in [0, 0.1) is 11.3 Å². The molecule has 0 bridgehead atoms. The number of hydrogen-bond acceptors (Lipinski definition) is 6. The smallest absolute Gasteiger partial charge is 0.170 e. The quantitative estimate of drug-likeness (QED) is 0.535. The van der Waals surface area contributed by atoms with Gasteiger partial charge in [0.05, 0.1) is 23.4 Å². The molecule has 7 nitrogen and oxygen atoms in total. The lowest BCUT2D eigenvalue weighted by Crippen LogP contribution is -2.13. The molecule has 25 heavy (non-hydrogen) atoms. The van der Waals surface area contributed by atoms with Crippen LogP contribution in [0.1, 0.15) is 28.8 Å². The molecule has 122 valence electrons. The predicted molar refractivity (Wildman–Crippen MR) is 97.6 cm³/mol. The molecule has 1 saturated carbocycles. The first-order chi connectivity index (χ1) is 12.2. The van der Waals surface area contributed by atoms with Gasteiger partial charge in [0.25, 0.3) is 0 Å². The number of benzene rings is 1. The molecule has 1 aromatic carbocycles. The monoisotopic (exact) mass is 330 g/mol. The van der Waals surface area contributed by atoms with Crippen LogP contribution in [0.15, 0.2) is 30.5 Å². The van der Waals surface area contributed by atoms with Crippen LogP contribution < -0.4 is 16.1 Å². The Balaban J connectivity index is 1.76. The summed E-state index contributed by atoms with van der Waals surface area (Å²) in [5, 5.41) is 19.9. The van der Waals surface area contributed by atoms with Crippen LogP contribution in [0.3, 0.4) is 0 Å². The highest BCUT2D eigenvalue weighted by Crippen LogP contribution is 2.27. The fourth-order valence-electron chi connectivity index (χ4n) is 2.68. The summed E-state index contributed by atoms with van der Waals surface area (Å²) < 4.78 is 1.65. The maximum atomic E-state index is 11.3. The van der Waals surface area contributed by atoms with Crippen molar-refractivity contribution in [2.45, 2.75) is 18.9 Å². The molecule has 0 amide bonds. The maximum absolute atomic E-state index is 11.3. The molecule has 1 aliphatic rings. The summed E-state index contributed by atoms with van der Waals surface area (Å²) in [7, 11) is 1.93. The highest BCUT2D eigenvalue weighted by Gasteiger charge is 2.23. The number of carbonyl (C=O) groups is 1.